The van der Waals surface area contributed by atoms with E-state index in [0.717, 1.165) is 6.07 Å². The highest BCUT2D eigenvalue weighted by Crippen LogP contribution is 2.36. The number of phenols is 1. The maximum atomic E-state index is 13.0. The van der Waals surface area contributed by atoms with Gasteiger partial charge in [0.05, 0.1) is 0 Å². The average molecular weight is 215 g/mol. The third-order valence-corrected chi connectivity index (χ3v) is 2.33. The van der Waals surface area contributed by atoms with Crippen molar-refractivity contribution in [2.45, 2.75) is 26.8 Å². The monoisotopic (exact) mass is 215 g/mol. The van der Waals surface area contributed by atoms with Gasteiger partial charge in [-0.2, -0.15) is 0 Å². The van der Waals surface area contributed by atoms with Crippen molar-refractivity contribution in [3.8, 4) is 5.75 Å². The third-order valence-electron chi connectivity index (χ3n) is 2.33. The molecule has 0 spiro atoms. The van der Waals surface area contributed by atoms with Gasteiger partial charge in [-0.15, -0.1) is 0 Å². The smallest absolute Gasteiger partial charge is 0.168 e. The lowest BCUT2D eigenvalue weighted by Crippen LogP contribution is -2.26. The Morgan fingerprint density at radius 1 is 1.27 bits per heavy atom. The molecular formula is C11H15F2NO. The number of hydrogen-bond acceptors (Lipinski definition) is 2. The van der Waals surface area contributed by atoms with E-state index in [2.05, 4.69) is 0 Å². The first-order valence-corrected chi connectivity index (χ1v) is 4.67. The zero-order valence-corrected chi connectivity index (χ0v) is 9.01. The van der Waals surface area contributed by atoms with E-state index in [4.69, 9.17) is 5.73 Å². The van der Waals surface area contributed by atoms with Gasteiger partial charge >= 0.3 is 0 Å². The van der Waals surface area contributed by atoms with Crippen LogP contribution in [0.1, 0.15) is 32.4 Å². The van der Waals surface area contributed by atoms with Crippen molar-refractivity contribution in [1.82, 2.24) is 0 Å². The van der Waals surface area contributed by atoms with Gasteiger partial charge in [-0.1, -0.05) is 20.8 Å². The van der Waals surface area contributed by atoms with Crippen LogP contribution in [0.3, 0.4) is 0 Å². The highest BCUT2D eigenvalue weighted by Gasteiger charge is 2.26. The van der Waals surface area contributed by atoms with E-state index in [1.807, 2.05) is 20.8 Å². The Bertz CT molecular complexity index is 372. The van der Waals surface area contributed by atoms with Gasteiger partial charge in [0.1, 0.15) is 5.82 Å². The van der Waals surface area contributed by atoms with E-state index in [9.17, 15) is 13.9 Å². The Balaban J connectivity index is 3.25. The zero-order chi connectivity index (χ0) is 11.8. The number of aromatic hydroxyl groups is 1. The maximum absolute atomic E-state index is 13.0. The van der Waals surface area contributed by atoms with Crippen LogP contribution in [0.2, 0.25) is 0 Å². The van der Waals surface area contributed by atoms with Gasteiger partial charge in [-0.05, 0) is 11.5 Å². The summed E-state index contributed by atoms with van der Waals surface area (Å²) in [5.41, 5.74) is 5.54. The van der Waals surface area contributed by atoms with Gasteiger partial charge in [-0.25, -0.2) is 8.78 Å². The second kappa shape index (κ2) is 3.77. The van der Waals surface area contributed by atoms with Gasteiger partial charge in [0.15, 0.2) is 11.6 Å². The molecule has 1 rings (SSSR count). The number of rotatable bonds is 1. The molecule has 0 aliphatic heterocycles. The molecule has 0 saturated carbocycles. The van der Waals surface area contributed by atoms with Crippen molar-refractivity contribution < 1.29 is 13.9 Å². The molecule has 1 aromatic carbocycles. The molecule has 0 aliphatic carbocycles. The van der Waals surface area contributed by atoms with E-state index in [1.54, 1.807) is 0 Å². The quantitative estimate of drug-likeness (QED) is 0.756. The Labute approximate surface area is 87.7 Å². The molecule has 0 radical (unpaired) electrons. The summed E-state index contributed by atoms with van der Waals surface area (Å²) in [6.07, 6.45) is 0. The molecule has 3 N–H and O–H groups in total. The van der Waals surface area contributed by atoms with Crippen molar-refractivity contribution in [2.24, 2.45) is 11.1 Å². The number of benzene rings is 1. The molecule has 0 heterocycles. The SMILES string of the molecule is CC(C)(C)C(N)c1cc(F)cc(F)c1O. The van der Waals surface area contributed by atoms with Crippen molar-refractivity contribution in [3.63, 3.8) is 0 Å². The van der Waals surface area contributed by atoms with E-state index in [1.165, 1.54) is 0 Å². The molecule has 0 aromatic heterocycles. The predicted molar refractivity (Wildman–Crippen MR) is 54.4 cm³/mol. The summed E-state index contributed by atoms with van der Waals surface area (Å²) < 4.78 is 26.0. The summed E-state index contributed by atoms with van der Waals surface area (Å²) in [4.78, 5) is 0. The summed E-state index contributed by atoms with van der Waals surface area (Å²) in [5, 5.41) is 9.43. The Hall–Kier alpha value is -1.16. The minimum atomic E-state index is -0.982. The van der Waals surface area contributed by atoms with E-state index in [-0.39, 0.29) is 11.0 Å². The van der Waals surface area contributed by atoms with Crippen LogP contribution in [-0.2, 0) is 0 Å². The molecule has 1 unspecified atom stereocenters. The third kappa shape index (κ3) is 2.45. The van der Waals surface area contributed by atoms with Crippen molar-refractivity contribution in [3.05, 3.63) is 29.3 Å². The molecule has 4 heteroatoms. The largest absolute Gasteiger partial charge is 0.505 e. The summed E-state index contributed by atoms with van der Waals surface area (Å²) >= 11 is 0. The molecule has 2 nitrogen and oxygen atoms in total. The van der Waals surface area contributed by atoms with Crippen molar-refractivity contribution in [2.75, 3.05) is 0 Å². The second-order valence-electron chi connectivity index (χ2n) is 4.67. The van der Waals surface area contributed by atoms with Gasteiger partial charge in [-0.3, -0.25) is 0 Å². The van der Waals surface area contributed by atoms with Gasteiger partial charge < -0.3 is 10.8 Å². The topological polar surface area (TPSA) is 46.2 Å². The zero-order valence-electron chi connectivity index (χ0n) is 9.01. The summed E-state index contributed by atoms with van der Waals surface area (Å²) in [6, 6.07) is 1.07. The highest BCUT2D eigenvalue weighted by atomic mass is 19.1. The summed E-state index contributed by atoms with van der Waals surface area (Å²) in [7, 11) is 0. The fourth-order valence-electron chi connectivity index (χ4n) is 1.29. The van der Waals surface area contributed by atoms with Crippen LogP contribution in [-0.4, -0.2) is 5.11 Å². The molecule has 15 heavy (non-hydrogen) atoms. The summed E-state index contributed by atoms with van der Waals surface area (Å²) in [6.45, 7) is 5.50. The predicted octanol–water partition coefficient (Wildman–Crippen LogP) is 2.72. The fraction of sp³-hybridized carbons (Fsp3) is 0.455. The van der Waals surface area contributed by atoms with Crippen LogP contribution >= 0.6 is 0 Å². The Morgan fingerprint density at radius 2 is 1.80 bits per heavy atom. The van der Waals surface area contributed by atoms with Crippen LogP contribution < -0.4 is 5.73 Å². The molecule has 0 aliphatic rings. The minimum absolute atomic E-state index is 0.0972. The van der Waals surface area contributed by atoms with Crippen LogP contribution in [0.25, 0.3) is 0 Å². The Morgan fingerprint density at radius 3 is 2.27 bits per heavy atom. The number of hydrogen-bond donors (Lipinski definition) is 2. The lowest BCUT2D eigenvalue weighted by Gasteiger charge is -2.27. The molecular weight excluding hydrogens is 200 g/mol. The van der Waals surface area contributed by atoms with E-state index >= 15 is 0 Å². The van der Waals surface area contributed by atoms with Crippen molar-refractivity contribution >= 4 is 0 Å². The normalized spacial score (nSPS) is 14.0. The van der Waals surface area contributed by atoms with Crippen LogP contribution in [0, 0.1) is 17.0 Å². The first-order chi connectivity index (χ1) is 6.73. The van der Waals surface area contributed by atoms with Crippen LogP contribution in [0.15, 0.2) is 12.1 Å². The lowest BCUT2D eigenvalue weighted by atomic mass is 9.82. The van der Waals surface area contributed by atoms with Crippen LogP contribution in [0.4, 0.5) is 8.78 Å². The molecule has 0 saturated heterocycles. The fourth-order valence-corrected chi connectivity index (χ4v) is 1.29. The average Bonchev–Trinajstić information content (AvgIpc) is 2.08. The maximum Gasteiger partial charge on any atom is 0.168 e. The lowest BCUT2D eigenvalue weighted by molar-refractivity contribution is 0.312. The van der Waals surface area contributed by atoms with Gasteiger partial charge in [0.2, 0.25) is 0 Å². The minimum Gasteiger partial charge on any atom is -0.505 e. The second-order valence-corrected chi connectivity index (χ2v) is 4.67. The molecule has 0 bridgehead atoms. The molecule has 1 aromatic rings. The van der Waals surface area contributed by atoms with Gasteiger partial charge in [0.25, 0.3) is 0 Å². The first-order valence-electron chi connectivity index (χ1n) is 4.67. The molecule has 0 amide bonds. The van der Waals surface area contributed by atoms with Crippen LogP contribution in [0.5, 0.6) is 5.75 Å². The number of halogens is 2. The number of phenolic OH excluding ortho intramolecular Hbond substituents is 1. The molecule has 84 valence electrons. The van der Waals surface area contributed by atoms with Crippen molar-refractivity contribution in [1.29, 1.82) is 0 Å². The van der Waals surface area contributed by atoms with E-state index in [0.29, 0.717) is 6.07 Å². The van der Waals surface area contributed by atoms with Gasteiger partial charge in [0, 0.05) is 17.7 Å². The van der Waals surface area contributed by atoms with E-state index < -0.39 is 23.4 Å². The number of nitrogens with two attached hydrogens (primary N) is 1. The molecule has 1 atom stereocenters. The summed E-state index contributed by atoms with van der Waals surface area (Å²) in [5.74, 6) is -2.29. The first kappa shape index (κ1) is 11.9. The highest BCUT2D eigenvalue weighted by molar-refractivity contribution is 5.37. The molecule has 0 fully saturated rings. The standard InChI is InChI=1S/C11H15F2NO/c1-11(2,3)10(14)7-4-6(12)5-8(13)9(7)15/h4-5,10,15H,14H2,1-3H3. The Kier molecular flexibility index (Phi) is 3.00.